The molecule has 0 saturated carbocycles. The number of rotatable bonds is 4. The first-order valence-corrected chi connectivity index (χ1v) is 8.96. The highest BCUT2D eigenvalue weighted by Gasteiger charge is 2.38. The van der Waals surface area contributed by atoms with Crippen LogP contribution < -0.4 is 5.32 Å². The van der Waals surface area contributed by atoms with Crippen molar-refractivity contribution < 1.29 is 45.0 Å². The van der Waals surface area contributed by atoms with E-state index in [1.165, 1.54) is 19.1 Å². The van der Waals surface area contributed by atoms with Gasteiger partial charge in [0.1, 0.15) is 18.5 Å². The van der Waals surface area contributed by atoms with Gasteiger partial charge in [0.15, 0.2) is 6.29 Å². The van der Waals surface area contributed by atoms with Crippen molar-refractivity contribution in [3.63, 3.8) is 0 Å². The summed E-state index contributed by atoms with van der Waals surface area (Å²) in [7, 11) is 0. The van der Waals surface area contributed by atoms with Crippen molar-refractivity contribution in [2.75, 3.05) is 6.61 Å². The molecular formula is C20H16F7NO3. The van der Waals surface area contributed by atoms with Crippen molar-refractivity contribution in [3.05, 3.63) is 70.5 Å². The molecule has 4 nitrogen and oxygen atoms in total. The molecule has 0 radical (unpaired) electrons. The van der Waals surface area contributed by atoms with Crippen molar-refractivity contribution in [2.24, 2.45) is 0 Å². The van der Waals surface area contributed by atoms with Gasteiger partial charge >= 0.3 is 12.4 Å². The van der Waals surface area contributed by atoms with E-state index in [-0.39, 0.29) is 11.6 Å². The topological polar surface area (TPSA) is 47.6 Å². The minimum atomic E-state index is -5.00. The van der Waals surface area contributed by atoms with Crippen molar-refractivity contribution in [1.82, 2.24) is 5.32 Å². The molecule has 1 saturated heterocycles. The largest absolute Gasteiger partial charge is 0.416 e. The highest BCUT2D eigenvalue weighted by molar-refractivity contribution is 5.78. The van der Waals surface area contributed by atoms with E-state index in [0.717, 1.165) is 12.1 Å². The van der Waals surface area contributed by atoms with Crippen LogP contribution in [0.1, 0.15) is 41.3 Å². The third kappa shape index (κ3) is 5.53. The Morgan fingerprint density at radius 3 is 2.06 bits per heavy atom. The molecule has 11 heteroatoms. The lowest BCUT2D eigenvalue weighted by Crippen LogP contribution is -2.47. The van der Waals surface area contributed by atoms with Crippen molar-refractivity contribution in [1.29, 1.82) is 0 Å². The molecule has 2 aromatic rings. The maximum Gasteiger partial charge on any atom is 0.416 e. The Morgan fingerprint density at radius 1 is 1.00 bits per heavy atom. The summed E-state index contributed by atoms with van der Waals surface area (Å²) in [6, 6.07) is 5.15. The molecule has 1 N–H and O–H groups in total. The second-order valence-electron chi connectivity index (χ2n) is 6.89. The highest BCUT2D eigenvalue weighted by atomic mass is 19.4. The molecule has 0 unspecified atom stereocenters. The summed E-state index contributed by atoms with van der Waals surface area (Å²) in [6.45, 7) is 0.836. The maximum atomic E-state index is 13.2. The van der Waals surface area contributed by atoms with Crippen LogP contribution in [0.15, 0.2) is 42.5 Å². The van der Waals surface area contributed by atoms with Gasteiger partial charge < -0.3 is 14.8 Å². The number of ether oxygens (including phenoxy) is 2. The van der Waals surface area contributed by atoms with Crippen LogP contribution in [-0.2, 0) is 26.6 Å². The second-order valence-corrected chi connectivity index (χ2v) is 6.89. The SMILES string of the molecule is C[C@H](O[C@H]1OCC(=O)N[C@H]1c1ccc(F)cc1)c1cc(C(F)(F)F)cc(C(F)(F)F)c1. The van der Waals surface area contributed by atoms with Gasteiger partial charge in [-0.25, -0.2) is 4.39 Å². The second kappa shape index (κ2) is 8.46. The lowest BCUT2D eigenvalue weighted by molar-refractivity contribution is -0.204. The molecule has 0 aromatic heterocycles. The maximum absolute atomic E-state index is 13.2. The fourth-order valence-corrected chi connectivity index (χ4v) is 3.06. The molecule has 0 bridgehead atoms. The average molecular weight is 451 g/mol. The number of carbonyl (C=O) groups is 1. The minimum Gasteiger partial charge on any atom is -0.342 e. The zero-order valence-corrected chi connectivity index (χ0v) is 15.9. The Bertz CT molecular complexity index is 909. The summed E-state index contributed by atoms with van der Waals surface area (Å²) < 4.78 is 103. The molecule has 3 rings (SSSR count). The number of nitrogens with one attached hydrogen (secondary N) is 1. The Hall–Kier alpha value is -2.66. The van der Waals surface area contributed by atoms with E-state index < -0.39 is 60.2 Å². The van der Waals surface area contributed by atoms with Gasteiger partial charge in [0.25, 0.3) is 0 Å². The van der Waals surface area contributed by atoms with Gasteiger partial charge in [-0.2, -0.15) is 26.3 Å². The third-order valence-corrected chi connectivity index (χ3v) is 4.61. The molecule has 168 valence electrons. The number of alkyl halides is 6. The monoisotopic (exact) mass is 451 g/mol. The summed E-state index contributed by atoms with van der Waals surface area (Å²) in [5, 5.41) is 2.56. The molecule has 0 aliphatic carbocycles. The van der Waals surface area contributed by atoms with Crippen molar-refractivity contribution in [3.8, 4) is 0 Å². The fourth-order valence-electron chi connectivity index (χ4n) is 3.06. The van der Waals surface area contributed by atoms with Crippen LogP contribution in [0.5, 0.6) is 0 Å². The number of morpholine rings is 1. The lowest BCUT2D eigenvalue weighted by atomic mass is 10.0. The van der Waals surface area contributed by atoms with Gasteiger partial charge in [0.2, 0.25) is 5.91 Å². The Balaban J connectivity index is 1.90. The van der Waals surface area contributed by atoms with Gasteiger partial charge in [-0.05, 0) is 48.4 Å². The average Bonchev–Trinajstić information content (AvgIpc) is 2.68. The summed E-state index contributed by atoms with van der Waals surface area (Å²) >= 11 is 0. The summed E-state index contributed by atoms with van der Waals surface area (Å²) in [4.78, 5) is 11.7. The third-order valence-electron chi connectivity index (χ3n) is 4.61. The van der Waals surface area contributed by atoms with E-state index in [1.807, 2.05) is 0 Å². The molecule has 31 heavy (non-hydrogen) atoms. The number of carbonyl (C=O) groups excluding carboxylic acids is 1. The standard InChI is InChI=1S/C20H16F7NO3/c1-10(12-6-13(19(22,23)24)8-14(7-12)20(25,26)27)31-18-17(28-16(29)9-30-18)11-2-4-15(21)5-3-11/h2-8,10,17-18H,9H2,1H3,(H,28,29)/t10-,17-,18+/m0/s1. The van der Waals surface area contributed by atoms with Crippen LogP contribution in [0.2, 0.25) is 0 Å². The van der Waals surface area contributed by atoms with Gasteiger partial charge in [-0.15, -0.1) is 0 Å². The zero-order valence-electron chi connectivity index (χ0n) is 15.9. The first kappa shape index (κ1) is 23.0. The van der Waals surface area contributed by atoms with Crippen molar-refractivity contribution >= 4 is 5.91 Å². The number of hydrogen-bond donors (Lipinski definition) is 1. The van der Waals surface area contributed by atoms with Crippen LogP contribution in [0.4, 0.5) is 30.7 Å². The quantitative estimate of drug-likeness (QED) is 0.654. The van der Waals surface area contributed by atoms with E-state index in [0.29, 0.717) is 17.7 Å². The van der Waals surface area contributed by atoms with Gasteiger partial charge in [-0.3, -0.25) is 4.79 Å². The van der Waals surface area contributed by atoms with Gasteiger partial charge in [0, 0.05) is 0 Å². The van der Waals surface area contributed by atoms with Crippen molar-refractivity contribution in [2.45, 2.75) is 37.7 Å². The van der Waals surface area contributed by atoms with Gasteiger partial charge in [-0.1, -0.05) is 12.1 Å². The first-order chi connectivity index (χ1) is 14.3. The van der Waals surface area contributed by atoms with Gasteiger partial charge in [0.05, 0.1) is 17.2 Å². The molecule has 1 fully saturated rings. The smallest absolute Gasteiger partial charge is 0.342 e. The Kier molecular flexibility index (Phi) is 6.28. The zero-order chi connectivity index (χ0) is 23.0. The Morgan fingerprint density at radius 2 is 1.55 bits per heavy atom. The molecule has 1 amide bonds. The summed E-state index contributed by atoms with van der Waals surface area (Å²) in [5.74, 6) is -1.05. The molecule has 3 atom stereocenters. The molecule has 1 heterocycles. The predicted molar refractivity (Wildman–Crippen MR) is 93.0 cm³/mol. The van der Waals surface area contributed by atoms with E-state index in [4.69, 9.17) is 9.47 Å². The minimum absolute atomic E-state index is 0.0227. The number of hydrogen-bond acceptors (Lipinski definition) is 3. The van der Waals surface area contributed by atoms with Crippen LogP contribution >= 0.6 is 0 Å². The fraction of sp³-hybridized carbons (Fsp3) is 0.350. The number of halogens is 7. The van der Waals surface area contributed by atoms with Crippen LogP contribution in [0.3, 0.4) is 0 Å². The van der Waals surface area contributed by atoms with E-state index >= 15 is 0 Å². The molecular weight excluding hydrogens is 435 g/mol. The number of amides is 1. The van der Waals surface area contributed by atoms with Crippen LogP contribution in [0.25, 0.3) is 0 Å². The Labute approximate surface area is 171 Å². The van der Waals surface area contributed by atoms with E-state index in [9.17, 15) is 35.5 Å². The molecule has 2 aromatic carbocycles. The summed E-state index contributed by atoms with van der Waals surface area (Å²) in [5.41, 5.74) is -2.94. The van der Waals surface area contributed by atoms with Crippen LogP contribution in [-0.4, -0.2) is 18.8 Å². The lowest BCUT2D eigenvalue weighted by Gasteiger charge is -2.34. The predicted octanol–water partition coefficient (Wildman–Crippen LogP) is 5.15. The highest BCUT2D eigenvalue weighted by Crippen LogP contribution is 2.38. The van der Waals surface area contributed by atoms with E-state index in [1.54, 1.807) is 0 Å². The molecule has 0 spiro atoms. The first-order valence-electron chi connectivity index (χ1n) is 8.96. The van der Waals surface area contributed by atoms with E-state index in [2.05, 4.69) is 5.32 Å². The van der Waals surface area contributed by atoms with Crippen LogP contribution in [0, 0.1) is 5.82 Å². The normalized spacial score (nSPS) is 21.0. The summed E-state index contributed by atoms with van der Waals surface area (Å²) in [6.07, 6.45) is -12.5. The number of benzene rings is 2. The molecule has 1 aliphatic heterocycles. The molecule has 1 aliphatic rings.